The molecule has 6 heteroatoms. The number of hydrogen-bond acceptors (Lipinski definition) is 2. The lowest BCUT2D eigenvalue weighted by atomic mass is 9.74. The van der Waals surface area contributed by atoms with E-state index in [0.717, 1.165) is 37.8 Å². The van der Waals surface area contributed by atoms with Crippen LogP contribution < -0.4 is 11.1 Å². The summed E-state index contributed by atoms with van der Waals surface area (Å²) in [7, 11) is 0. The summed E-state index contributed by atoms with van der Waals surface area (Å²) in [5, 5.41) is 2.93. The average molecular weight is 304 g/mol. The smallest absolute Gasteiger partial charge is 0.382 e. The number of nitrogens with one attached hydrogen (secondary N) is 1. The van der Waals surface area contributed by atoms with Crippen molar-refractivity contribution in [2.24, 2.45) is 11.1 Å². The Kier molecular flexibility index (Phi) is 4.76. The van der Waals surface area contributed by atoms with Crippen molar-refractivity contribution in [2.75, 3.05) is 18.4 Å². The molecule has 1 aliphatic rings. The van der Waals surface area contributed by atoms with Crippen LogP contribution in [-0.2, 0) is 6.18 Å². The van der Waals surface area contributed by atoms with E-state index in [1.54, 1.807) is 0 Å². The largest absolute Gasteiger partial charge is 0.416 e. The number of rotatable bonds is 4. The van der Waals surface area contributed by atoms with Crippen LogP contribution in [0.15, 0.2) is 18.2 Å². The number of benzene rings is 1. The zero-order valence-corrected chi connectivity index (χ0v) is 11.8. The van der Waals surface area contributed by atoms with E-state index in [1.165, 1.54) is 6.42 Å². The first-order valence-corrected chi connectivity index (χ1v) is 7.17. The number of halogens is 4. The van der Waals surface area contributed by atoms with Gasteiger partial charge in [-0.2, -0.15) is 13.2 Å². The number of nitrogens with two attached hydrogens (primary N) is 1. The molecular formula is C15H20F4N2. The topological polar surface area (TPSA) is 38.0 Å². The van der Waals surface area contributed by atoms with E-state index < -0.39 is 17.6 Å². The third-order valence-corrected chi connectivity index (χ3v) is 4.30. The van der Waals surface area contributed by atoms with Crippen LogP contribution in [0.4, 0.5) is 23.2 Å². The van der Waals surface area contributed by atoms with Crippen molar-refractivity contribution in [3.05, 3.63) is 29.6 Å². The summed E-state index contributed by atoms with van der Waals surface area (Å²) >= 11 is 0. The maximum atomic E-state index is 13.8. The van der Waals surface area contributed by atoms with E-state index in [2.05, 4.69) is 5.32 Å². The lowest BCUT2D eigenvalue weighted by Gasteiger charge is -2.36. The molecule has 3 N–H and O–H groups in total. The van der Waals surface area contributed by atoms with Gasteiger partial charge < -0.3 is 11.1 Å². The maximum absolute atomic E-state index is 13.8. The van der Waals surface area contributed by atoms with Gasteiger partial charge in [0, 0.05) is 6.54 Å². The van der Waals surface area contributed by atoms with Crippen molar-refractivity contribution < 1.29 is 17.6 Å². The fraction of sp³-hybridized carbons (Fsp3) is 0.600. The molecule has 1 aromatic carbocycles. The summed E-state index contributed by atoms with van der Waals surface area (Å²) in [6.07, 6.45) is 0.776. The first-order chi connectivity index (χ1) is 9.86. The predicted octanol–water partition coefficient (Wildman–Crippen LogP) is 4.17. The Labute approximate surface area is 121 Å². The molecule has 1 aromatic rings. The van der Waals surface area contributed by atoms with Crippen LogP contribution in [0.1, 0.15) is 37.7 Å². The molecule has 0 aromatic heterocycles. The molecule has 0 radical (unpaired) electrons. The molecule has 21 heavy (non-hydrogen) atoms. The van der Waals surface area contributed by atoms with Crippen molar-refractivity contribution in [1.29, 1.82) is 0 Å². The van der Waals surface area contributed by atoms with Gasteiger partial charge in [0.2, 0.25) is 0 Å². The third kappa shape index (κ3) is 3.87. The molecule has 2 nitrogen and oxygen atoms in total. The number of alkyl halides is 3. The van der Waals surface area contributed by atoms with Crippen LogP contribution in [0.25, 0.3) is 0 Å². The van der Waals surface area contributed by atoms with Crippen LogP contribution in [0, 0.1) is 11.2 Å². The molecule has 0 spiro atoms. The van der Waals surface area contributed by atoms with Gasteiger partial charge in [-0.3, -0.25) is 0 Å². The van der Waals surface area contributed by atoms with Crippen molar-refractivity contribution >= 4 is 5.69 Å². The summed E-state index contributed by atoms with van der Waals surface area (Å²) in [5.74, 6) is -0.882. The van der Waals surface area contributed by atoms with Crippen LogP contribution >= 0.6 is 0 Å². The summed E-state index contributed by atoms with van der Waals surface area (Å²) in [5.41, 5.74) is 4.89. The fourth-order valence-electron chi connectivity index (χ4n) is 2.87. The van der Waals surface area contributed by atoms with Crippen LogP contribution in [0.2, 0.25) is 0 Å². The molecule has 0 amide bonds. The first kappa shape index (κ1) is 16.1. The third-order valence-electron chi connectivity index (χ3n) is 4.30. The van der Waals surface area contributed by atoms with Gasteiger partial charge in [-0.1, -0.05) is 19.3 Å². The Morgan fingerprint density at radius 3 is 2.33 bits per heavy atom. The van der Waals surface area contributed by atoms with E-state index in [1.807, 2.05) is 0 Å². The van der Waals surface area contributed by atoms with E-state index in [0.29, 0.717) is 19.2 Å². The molecule has 0 aliphatic heterocycles. The van der Waals surface area contributed by atoms with Gasteiger partial charge in [-0.25, -0.2) is 4.39 Å². The Hall–Kier alpha value is -1.30. The molecule has 0 saturated heterocycles. The van der Waals surface area contributed by atoms with Crippen molar-refractivity contribution in [3.8, 4) is 0 Å². The Morgan fingerprint density at radius 1 is 1.14 bits per heavy atom. The van der Waals surface area contributed by atoms with Crippen LogP contribution in [0.3, 0.4) is 0 Å². The molecule has 0 unspecified atom stereocenters. The molecule has 0 bridgehead atoms. The first-order valence-electron chi connectivity index (χ1n) is 7.17. The van der Waals surface area contributed by atoms with E-state index in [-0.39, 0.29) is 11.1 Å². The highest BCUT2D eigenvalue weighted by atomic mass is 19.4. The normalized spacial score (nSPS) is 18.5. The van der Waals surface area contributed by atoms with Gasteiger partial charge >= 0.3 is 6.18 Å². The average Bonchev–Trinajstić information content (AvgIpc) is 2.46. The molecule has 1 fully saturated rings. The molecule has 0 atom stereocenters. The van der Waals surface area contributed by atoms with Crippen molar-refractivity contribution in [3.63, 3.8) is 0 Å². The molecule has 118 valence electrons. The molecule has 0 heterocycles. The van der Waals surface area contributed by atoms with Crippen molar-refractivity contribution in [2.45, 2.75) is 38.3 Å². The second-order valence-corrected chi connectivity index (χ2v) is 5.81. The Morgan fingerprint density at radius 2 is 1.81 bits per heavy atom. The molecule has 2 rings (SSSR count). The fourth-order valence-corrected chi connectivity index (χ4v) is 2.87. The van der Waals surface area contributed by atoms with Crippen LogP contribution in [-0.4, -0.2) is 13.1 Å². The zero-order valence-electron chi connectivity index (χ0n) is 11.8. The second-order valence-electron chi connectivity index (χ2n) is 5.81. The SMILES string of the molecule is NCC1(CNc2ccc(C(F)(F)F)cc2F)CCCCC1. The summed E-state index contributed by atoms with van der Waals surface area (Å²) in [6.45, 7) is 0.994. The number of anilines is 1. The van der Waals surface area contributed by atoms with E-state index in [9.17, 15) is 17.6 Å². The summed E-state index contributed by atoms with van der Waals surface area (Å²) < 4.78 is 51.2. The quantitative estimate of drug-likeness (QED) is 0.820. The standard InChI is InChI=1S/C15H20F4N2/c16-12-8-11(15(17,18)19)4-5-13(12)21-10-14(9-20)6-2-1-3-7-14/h4-5,8,21H,1-3,6-7,9-10,20H2. The van der Waals surface area contributed by atoms with Gasteiger partial charge in [-0.05, 0) is 43.0 Å². The van der Waals surface area contributed by atoms with Gasteiger partial charge in [0.25, 0.3) is 0 Å². The molecular weight excluding hydrogens is 284 g/mol. The molecule has 1 saturated carbocycles. The maximum Gasteiger partial charge on any atom is 0.416 e. The molecule has 1 aliphatic carbocycles. The highest BCUT2D eigenvalue weighted by Crippen LogP contribution is 2.36. The Bertz CT molecular complexity index is 479. The van der Waals surface area contributed by atoms with E-state index >= 15 is 0 Å². The monoisotopic (exact) mass is 304 g/mol. The Balaban J connectivity index is 2.06. The highest BCUT2D eigenvalue weighted by Gasteiger charge is 2.32. The highest BCUT2D eigenvalue weighted by molar-refractivity contribution is 5.47. The minimum atomic E-state index is -4.53. The minimum Gasteiger partial charge on any atom is -0.382 e. The summed E-state index contributed by atoms with van der Waals surface area (Å²) in [6, 6.07) is 2.56. The number of hydrogen-bond donors (Lipinski definition) is 2. The van der Waals surface area contributed by atoms with Gasteiger partial charge in [0.1, 0.15) is 5.82 Å². The lowest BCUT2D eigenvalue weighted by Crippen LogP contribution is -2.39. The van der Waals surface area contributed by atoms with Crippen LogP contribution in [0.5, 0.6) is 0 Å². The second kappa shape index (κ2) is 6.22. The van der Waals surface area contributed by atoms with Gasteiger partial charge in [0.05, 0.1) is 11.3 Å². The van der Waals surface area contributed by atoms with Gasteiger partial charge in [-0.15, -0.1) is 0 Å². The summed E-state index contributed by atoms with van der Waals surface area (Å²) in [4.78, 5) is 0. The van der Waals surface area contributed by atoms with Gasteiger partial charge in [0.15, 0.2) is 0 Å². The van der Waals surface area contributed by atoms with Crippen molar-refractivity contribution in [1.82, 2.24) is 0 Å². The lowest BCUT2D eigenvalue weighted by molar-refractivity contribution is -0.137. The van der Waals surface area contributed by atoms with E-state index in [4.69, 9.17) is 5.73 Å². The predicted molar refractivity (Wildman–Crippen MR) is 74.5 cm³/mol. The zero-order chi connectivity index (χ0) is 15.5. The minimum absolute atomic E-state index is 0.0760.